The summed E-state index contributed by atoms with van der Waals surface area (Å²) in [5.74, 6) is 2.15. The van der Waals surface area contributed by atoms with E-state index in [1.165, 1.54) is 12.1 Å². The van der Waals surface area contributed by atoms with Gasteiger partial charge in [-0.25, -0.2) is 4.39 Å². The molecule has 1 rings (SSSR count). The van der Waals surface area contributed by atoms with E-state index in [9.17, 15) is 4.39 Å². The maximum atomic E-state index is 12.5. The van der Waals surface area contributed by atoms with E-state index < -0.39 is 5.41 Å². The number of rotatable bonds is 1. The van der Waals surface area contributed by atoms with Gasteiger partial charge >= 0.3 is 0 Å². The van der Waals surface area contributed by atoms with Gasteiger partial charge in [-0.15, -0.1) is 0 Å². The third kappa shape index (κ3) is 1.65. The van der Waals surface area contributed by atoms with Crippen LogP contribution in [0.25, 0.3) is 0 Å². The molecule has 0 heterocycles. The first kappa shape index (κ1) is 8.80. The first-order chi connectivity index (χ1) is 5.56. The van der Waals surface area contributed by atoms with Crippen LogP contribution in [0.5, 0.6) is 0 Å². The van der Waals surface area contributed by atoms with Gasteiger partial charge in [-0.1, -0.05) is 18.1 Å². The van der Waals surface area contributed by atoms with Crippen molar-refractivity contribution >= 4 is 0 Å². The van der Waals surface area contributed by atoms with Crippen molar-refractivity contribution in [2.75, 3.05) is 0 Å². The van der Waals surface area contributed by atoms with Gasteiger partial charge in [0.2, 0.25) is 0 Å². The molecule has 0 aliphatic rings. The van der Waals surface area contributed by atoms with Gasteiger partial charge in [-0.05, 0) is 38.0 Å². The lowest BCUT2D eigenvalue weighted by Crippen LogP contribution is -2.13. The second kappa shape index (κ2) is 2.98. The molecule has 0 atom stereocenters. The van der Waals surface area contributed by atoms with E-state index in [0.717, 1.165) is 5.56 Å². The Kier molecular flexibility index (Phi) is 2.19. The van der Waals surface area contributed by atoms with Crippen molar-refractivity contribution in [2.45, 2.75) is 19.3 Å². The minimum atomic E-state index is -0.423. The van der Waals surface area contributed by atoms with Gasteiger partial charge in [0.25, 0.3) is 0 Å². The molecule has 0 bridgehead atoms. The molecule has 61 valence electrons. The first-order valence-corrected chi connectivity index (χ1v) is 3.76. The fourth-order valence-corrected chi connectivity index (χ4v) is 0.939. The Morgan fingerprint density at radius 2 is 1.75 bits per heavy atom. The van der Waals surface area contributed by atoms with E-state index in [0.29, 0.717) is 0 Å². The molecule has 0 aliphatic carbocycles. The predicted molar refractivity (Wildman–Crippen MR) is 46.6 cm³/mol. The van der Waals surface area contributed by atoms with Crippen molar-refractivity contribution in [1.82, 2.24) is 0 Å². The molecule has 1 aromatic carbocycles. The van der Waals surface area contributed by atoms with E-state index >= 15 is 0 Å². The molecule has 0 fully saturated rings. The quantitative estimate of drug-likeness (QED) is 0.555. The fraction of sp³-hybridized carbons (Fsp3) is 0.273. The van der Waals surface area contributed by atoms with Gasteiger partial charge < -0.3 is 0 Å². The van der Waals surface area contributed by atoms with Gasteiger partial charge in [0.1, 0.15) is 5.82 Å². The van der Waals surface area contributed by atoms with Crippen LogP contribution in [0, 0.1) is 18.2 Å². The summed E-state index contributed by atoms with van der Waals surface area (Å²) in [6.45, 7) is 3.74. The third-order valence-corrected chi connectivity index (χ3v) is 1.88. The Labute approximate surface area is 72.4 Å². The molecule has 12 heavy (non-hydrogen) atoms. The maximum Gasteiger partial charge on any atom is 0.123 e. The highest BCUT2D eigenvalue weighted by Gasteiger charge is 2.16. The average molecular weight is 161 g/mol. The van der Waals surface area contributed by atoms with Crippen molar-refractivity contribution in [1.29, 1.82) is 0 Å². The second-order valence-electron chi connectivity index (χ2n) is 3.26. The Bertz CT molecular complexity index is 301. The van der Waals surface area contributed by atoms with Crippen LogP contribution in [0.4, 0.5) is 4.39 Å². The van der Waals surface area contributed by atoms with Crippen LogP contribution < -0.4 is 0 Å². The molecular formula is C11H10F. The Morgan fingerprint density at radius 3 is 2.17 bits per heavy atom. The van der Waals surface area contributed by atoms with Gasteiger partial charge in [0.05, 0.1) is 5.41 Å². The van der Waals surface area contributed by atoms with Crippen molar-refractivity contribution in [3.63, 3.8) is 0 Å². The first-order valence-electron chi connectivity index (χ1n) is 3.76. The molecule has 0 saturated carbocycles. The highest BCUT2D eigenvalue weighted by Crippen LogP contribution is 2.21. The summed E-state index contributed by atoms with van der Waals surface area (Å²) >= 11 is 0. The van der Waals surface area contributed by atoms with Gasteiger partial charge in [0, 0.05) is 0 Å². The zero-order chi connectivity index (χ0) is 9.19. The summed E-state index contributed by atoms with van der Waals surface area (Å²) in [7, 11) is 0. The molecule has 1 heteroatoms. The van der Waals surface area contributed by atoms with Crippen molar-refractivity contribution < 1.29 is 4.39 Å². The van der Waals surface area contributed by atoms with E-state index in [1.807, 2.05) is 13.8 Å². The molecule has 0 aromatic heterocycles. The lowest BCUT2D eigenvalue weighted by molar-refractivity contribution is 0.622. The highest BCUT2D eigenvalue weighted by atomic mass is 19.1. The summed E-state index contributed by atoms with van der Waals surface area (Å²) in [5.41, 5.74) is 0.479. The molecule has 0 saturated heterocycles. The SMILES string of the molecule is [C]#CC(C)(C)c1ccc(F)cc1. The molecule has 0 N–H and O–H groups in total. The van der Waals surface area contributed by atoms with Crippen LogP contribution in [-0.4, -0.2) is 0 Å². The number of hydrogen-bond donors (Lipinski definition) is 0. The van der Waals surface area contributed by atoms with Crippen molar-refractivity contribution in [2.24, 2.45) is 0 Å². The number of halogens is 1. The maximum absolute atomic E-state index is 12.5. The van der Waals surface area contributed by atoms with Crippen LogP contribution >= 0.6 is 0 Å². The van der Waals surface area contributed by atoms with Crippen LogP contribution in [0.15, 0.2) is 24.3 Å². The summed E-state index contributed by atoms with van der Waals surface area (Å²) < 4.78 is 12.5. The molecule has 0 spiro atoms. The minimum Gasteiger partial charge on any atom is -0.207 e. The minimum absolute atomic E-state index is 0.250. The second-order valence-corrected chi connectivity index (χ2v) is 3.26. The summed E-state index contributed by atoms with van der Waals surface area (Å²) in [6.07, 6.45) is 7.05. The number of hydrogen-bond acceptors (Lipinski definition) is 0. The van der Waals surface area contributed by atoms with E-state index in [-0.39, 0.29) is 5.82 Å². The average Bonchev–Trinajstić information content (AvgIpc) is 2.05. The normalized spacial score (nSPS) is 10.8. The Hall–Kier alpha value is -1.29. The number of benzene rings is 1. The molecule has 0 aliphatic heterocycles. The monoisotopic (exact) mass is 161 g/mol. The zero-order valence-electron chi connectivity index (χ0n) is 7.19. The zero-order valence-corrected chi connectivity index (χ0v) is 7.19. The summed E-state index contributed by atoms with van der Waals surface area (Å²) in [6, 6.07) is 6.15. The highest BCUT2D eigenvalue weighted by molar-refractivity contribution is 5.30. The summed E-state index contributed by atoms with van der Waals surface area (Å²) in [4.78, 5) is 0. The van der Waals surface area contributed by atoms with Crippen LogP contribution in [-0.2, 0) is 5.41 Å². The van der Waals surface area contributed by atoms with Crippen LogP contribution in [0.3, 0.4) is 0 Å². The van der Waals surface area contributed by atoms with E-state index in [2.05, 4.69) is 5.92 Å². The fourth-order valence-electron chi connectivity index (χ4n) is 0.939. The Morgan fingerprint density at radius 1 is 1.25 bits per heavy atom. The van der Waals surface area contributed by atoms with Gasteiger partial charge in [0.15, 0.2) is 0 Å². The van der Waals surface area contributed by atoms with E-state index in [4.69, 9.17) is 6.42 Å². The van der Waals surface area contributed by atoms with Crippen LogP contribution in [0.2, 0.25) is 0 Å². The lowest BCUT2D eigenvalue weighted by Gasteiger charge is -2.16. The molecule has 1 aromatic rings. The molecule has 0 nitrogen and oxygen atoms in total. The van der Waals surface area contributed by atoms with Gasteiger partial charge in [-0.2, -0.15) is 0 Å². The molecular weight excluding hydrogens is 151 g/mol. The predicted octanol–water partition coefficient (Wildman–Crippen LogP) is 2.69. The van der Waals surface area contributed by atoms with Crippen molar-refractivity contribution in [3.8, 4) is 5.92 Å². The molecule has 0 amide bonds. The molecule has 0 unspecified atom stereocenters. The van der Waals surface area contributed by atoms with Gasteiger partial charge in [-0.3, -0.25) is 0 Å². The Balaban J connectivity index is 3.07. The largest absolute Gasteiger partial charge is 0.207 e. The third-order valence-electron chi connectivity index (χ3n) is 1.88. The van der Waals surface area contributed by atoms with Crippen LogP contribution in [0.1, 0.15) is 19.4 Å². The lowest BCUT2D eigenvalue weighted by atomic mass is 9.86. The van der Waals surface area contributed by atoms with Crippen molar-refractivity contribution in [3.05, 3.63) is 42.1 Å². The standard InChI is InChI=1S/C11H10F/c1-4-11(2,3)9-5-7-10(12)8-6-9/h5-8H,2-3H3. The summed E-state index contributed by atoms with van der Waals surface area (Å²) in [5, 5.41) is 0. The topological polar surface area (TPSA) is 0 Å². The van der Waals surface area contributed by atoms with E-state index in [1.54, 1.807) is 12.1 Å². The molecule has 1 radical (unpaired) electrons. The smallest absolute Gasteiger partial charge is 0.123 e.